The standard InChI is InChI=1S/C21H18O2.C20H16O2S.C20H16O2/c1-4-21(23-20(22)15(2)3)18-11-7-5-9-16(18)13-14-17-10-6-8-12-19(17)21;1-4-20(22-19(21)14(2)3)16-10-6-5-9-15(16)13-23-18-12-8-7-11-17(18)20;1-4-20(22-19(21)14(2)3)17-11-7-5-9-15(17)13-16-10-6-8-12-18(16)20/h1,5-12H,2,13-14H2,3H3;1,5-12H,2,13H2,3H3;1,5-12H,2,13H2,3H3. The van der Waals surface area contributed by atoms with Gasteiger partial charge in [-0.15, -0.1) is 31.0 Å². The van der Waals surface area contributed by atoms with Crippen molar-refractivity contribution in [1.82, 2.24) is 0 Å². The largest absolute Gasteiger partial charge is 0.434 e. The van der Waals surface area contributed by atoms with Gasteiger partial charge in [-0.25, -0.2) is 14.4 Å². The molecule has 0 saturated carbocycles. The maximum Gasteiger partial charge on any atom is 0.335 e. The van der Waals surface area contributed by atoms with Gasteiger partial charge in [-0.2, -0.15) is 0 Å². The molecule has 6 aromatic carbocycles. The minimum atomic E-state index is -1.23. The normalized spacial score (nSPS) is 15.9. The maximum absolute atomic E-state index is 12.3. The number of esters is 3. The molecule has 0 bridgehead atoms. The fraction of sp³-hybridized carbons (Fsp3) is 0.164. The first-order valence-corrected chi connectivity index (χ1v) is 23.0. The molecule has 7 heteroatoms. The van der Waals surface area contributed by atoms with Crippen LogP contribution in [0.15, 0.2) is 187 Å². The van der Waals surface area contributed by atoms with Crippen LogP contribution in [-0.2, 0) is 70.4 Å². The van der Waals surface area contributed by atoms with Gasteiger partial charge in [0.15, 0.2) is 0 Å². The maximum atomic E-state index is 12.3. The van der Waals surface area contributed by atoms with Gasteiger partial charge >= 0.3 is 17.9 Å². The number of terminal acetylenes is 3. The molecular formula is C61H50O6S. The number of rotatable bonds is 6. The van der Waals surface area contributed by atoms with Crippen molar-refractivity contribution >= 4 is 29.7 Å². The number of aryl methyl sites for hydroxylation is 2. The van der Waals surface area contributed by atoms with E-state index in [0.29, 0.717) is 16.7 Å². The zero-order chi connectivity index (χ0) is 48.6. The van der Waals surface area contributed by atoms with Crippen LogP contribution >= 0.6 is 11.8 Å². The van der Waals surface area contributed by atoms with Crippen LogP contribution in [0, 0.1) is 37.0 Å². The second-order valence-corrected chi connectivity index (χ2v) is 17.8. The van der Waals surface area contributed by atoms with Crippen LogP contribution in [0.25, 0.3) is 0 Å². The van der Waals surface area contributed by atoms with E-state index in [1.54, 1.807) is 32.5 Å². The van der Waals surface area contributed by atoms with E-state index in [0.717, 1.165) is 91.1 Å². The third-order valence-electron chi connectivity index (χ3n) is 12.1. The number of hydrogen-bond donors (Lipinski definition) is 0. The summed E-state index contributed by atoms with van der Waals surface area (Å²) in [5.74, 6) is 7.59. The minimum Gasteiger partial charge on any atom is -0.434 e. The molecule has 336 valence electrons. The summed E-state index contributed by atoms with van der Waals surface area (Å²) in [5.41, 5.74) is 7.90. The lowest BCUT2D eigenvalue weighted by Crippen LogP contribution is -2.37. The van der Waals surface area contributed by atoms with Crippen molar-refractivity contribution in [3.8, 4) is 37.0 Å². The van der Waals surface area contributed by atoms with Crippen molar-refractivity contribution < 1.29 is 28.6 Å². The number of benzene rings is 6. The number of ether oxygens (including phenoxy) is 3. The van der Waals surface area contributed by atoms with Crippen LogP contribution in [0.1, 0.15) is 82.0 Å². The van der Waals surface area contributed by atoms with Crippen molar-refractivity contribution in [3.63, 3.8) is 0 Å². The lowest BCUT2D eigenvalue weighted by molar-refractivity contribution is -0.148. The molecular weight excluding hydrogens is 861 g/mol. The van der Waals surface area contributed by atoms with E-state index in [1.165, 1.54) is 0 Å². The molecule has 6 nitrogen and oxygen atoms in total. The number of carbonyl (C=O) groups is 3. The molecule has 0 radical (unpaired) electrons. The monoisotopic (exact) mass is 910 g/mol. The Morgan fingerprint density at radius 2 is 0.721 bits per heavy atom. The Hall–Kier alpha value is -8.02. The summed E-state index contributed by atoms with van der Waals surface area (Å²) in [6.45, 7) is 15.9. The van der Waals surface area contributed by atoms with Gasteiger partial charge in [0.2, 0.25) is 16.8 Å². The Morgan fingerprint density at radius 3 is 1.09 bits per heavy atom. The van der Waals surface area contributed by atoms with Gasteiger partial charge in [0.25, 0.3) is 0 Å². The summed E-state index contributed by atoms with van der Waals surface area (Å²) in [6.07, 6.45) is 20.2. The Kier molecular flexibility index (Phi) is 14.3. The summed E-state index contributed by atoms with van der Waals surface area (Å²) in [4.78, 5) is 37.8. The van der Waals surface area contributed by atoms with E-state index in [9.17, 15) is 14.4 Å². The van der Waals surface area contributed by atoms with Crippen LogP contribution in [0.5, 0.6) is 0 Å². The molecule has 1 aliphatic heterocycles. The Balaban J connectivity index is 0.000000151. The highest BCUT2D eigenvalue weighted by Crippen LogP contribution is 2.46. The molecule has 0 spiro atoms. The van der Waals surface area contributed by atoms with Gasteiger partial charge < -0.3 is 14.2 Å². The predicted molar refractivity (Wildman–Crippen MR) is 270 cm³/mol. The minimum absolute atomic E-state index is 0.325. The number of fused-ring (bicyclic) bond motifs is 6. The highest BCUT2D eigenvalue weighted by Gasteiger charge is 2.44. The molecule has 68 heavy (non-hydrogen) atoms. The van der Waals surface area contributed by atoms with Gasteiger partial charge in [0.1, 0.15) is 0 Å². The van der Waals surface area contributed by atoms with E-state index in [2.05, 4.69) is 37.5 Å². The predicted octanol–water partition coefficient (Wildman–Crippen LogP) is 11.7. The molecule has 9 rings (SSSR count). The molecule has 1 unspecified atom stereocenters. The number of thioether (sulfide) groups is 1. The van der Waals surface area contributed by atoms with E-state index in [1.807, 2.05) is 146 Å². The molecule has 0 saturated heterocycles. The molecule has 0 amide bonds. The quantitative estimate of drug-likeness (QED) is 0.0713. The van der Waals surface area contributed by atoms with Gasteiger partial charge in [-0.3, -0.25) is 0 Å². The molecule has 3 aliphatic rings. The summed E-state index contributed by atoms with van der Waals surface area (Å²) >= 11 is 1.70. The van der Waals surface area contributed by atoms with Crippen LogP contribution in [0.3, 0.4) is 0 Å². The number of hydrogen-bond acceptors (Lipinski definition) is 7. The third-order valence-corrected chi connectivity index (χ3v) is 13.2. The van der Waals surface area contributed by atoms with Gasteiger partial charge in [0, 0.05) is 60.7 Å². The average molecular weight is 911 g/mol. The summed E-state index contributed by atoms with van der Waals surface area (Å²) in [7, 11) is 0. The van der Waals surface area contributed by atoms with E-state index in [-0.39, 0.29) is 0 Å². The van der Waals surface area contributed by atoms with Crippen LogP contribution in [-0.4, -0.2) is 17.9 Å². The second kappa shape index (κ2) is 20.2. The summed E-state index contributed by atoms with van der Waals surface area (Å²) in [5, 5.41) is 0. The highest BCUT2D eigenvalue weighted by molar-refractivity contribution is 7.98. The van der Waals surface area contributed by atoms with Crippen LogP contribution in [0.4, 0.5) is 0 Å². The van der Waals surface area contributed by atoms with Crippen LogP contribution in [0.2, 0.25) is 0 Å². The first kappa shape index (κ1) is 47.9. The molecule has 6 aromatic rings. The van der Waals surface area contributed by atoms with Crippen molar-refractivity contribution in [2.24, 2.45) is 0 Å². The van der Waals surface area contributed by atoms with Gasteiger partial charge in [-0.05, 0) is 91.7 Å². The SMILES string of the molecule is C#CC1(OC(=O)C(=C)C)c2ccccc2CCc2ccccc21.C#CC1(OC(=O)C(=C)C)c2ccccc2CSc2ccccc21.C#CC1(OC(=O)C(=C)C)c2ccccc2Cc2ccccc21. The fourth-order valence-corrected chi connectivity index (χ4v) is 9.81. The molecule has 2 aliphatic carbocycles. The van der Waals surface area contributed by atoms with Gasteiger partial charge in [-0.1, -0.05) is 159 Å². The van der Waals surface area contributed by atoms with Crippen molar-refractivity contribution in [2.45, 2.75) is 67.5 Å². The van der Waals surface area contributed by atoms with Crippen molar-refractivity contribution in [2.75, 3.05) is 0 Å². The van der Waals surface area contributed by atoms with Crippen LogP contribution < -0.4 is 0 Å². The molecule has 1 heterocycles. The summed E-state index contributed by atoms with van der Waals surface area (Å²) in [6, 6.07) is 47.1. The smallest absolute Gasteiger partial charge is 0.335 e. The summed E-state index contributed by atoms with van der Waals surface area (Å²) < 4.78 is 17.5. The van der Waals surface area contributed by atoms with Crippen molar-refractivity contribution in [1.29, 1.82) is 0 Å². The topological polar surface area (TPSA) is 78.9 Å². The Bertz CT molecular complexity index is 2850. The first-order valence-electron chi connectivity index (χ1n) is 22.0. The van der Waals surface area contributed by atoms with Crippen molar-refractivity contribution in [3.05, 3.63) is 243 Å². The van der Waals surface area contributed by atoms with E-state index in [4.69, 9.17) is 33.5 Å². The lowest BCUT2D eigenvalue weighted by Gasteiger charge is -2.36. The highest BCUT2D eigenvalue weighted by atomic mass is 32.2. The Labute approximate surface area is 404 Å². The first-order chi connectivity index (χ1) is 32.7. The Morgan fingerprint density at radius 1 is 0.441 bits per heavy atom. The molecule has 0 aromatic heterocycles. The molecule has 1 atom stereocenters. The van der Waals surface area contributed by atoms with E-state index < -0.39 is 34.7 Å². The van der Waals surface area contributed by atoms with Gasteiger partial charge in [0.05, 0.1) is 0 Å². The zero-order valence-corrected chi connectivity index (χ0v) is 39.2. The molecule has 0 N–H and O–H groups in total. The average Bonchev–Trinajstić information content (AvgIpc) is 3.59. The second-order valence-electron chi connectivity index (χ2n) is 16.7. The van der Waals surface area contributed by atoms with E-state index >= 15 is 0 Å². The fourth-order valence-electron chi connectivity index (χ4n) is 8.70. The third kappa shape index (κ3) is 9.08. The lowest BCUT2D eigenvalue weighted by atomic mass is 9.75. The molecule has 0 fully saturated rings. The zero-order valence-electron chi connectivity index (χ0n) is 38.4. The number of carbonyl (C=O) groups excluding carboxylic acids is 3.